The molecule has 25 heavy (non-hydrogen) atoms. The number of aryl methyl sites for hydroxylation is 1. The van der Waals surface area contributed by atoms with Crippen LogP contribution < -0.4 is 5.32 Å². The first-order valence-corrected chi connectivity index (χ1v) is 10.2. The summed E-state index contributed by atoms with van der Waals surface area (Å²) in [6.45, 7) is 1.73. The summed E-state index contributed by atoms with van der Waals surface area (Å²) in [4.78, 5) is 39.4. The number of likely N-dealkylation sites (tertiary alicyclic amines) is 1. The van der Waals surface area contributed by atoms with Gasteiger partial charge in [-0.2, -0.15) is 0 Å². The fourth-order valence-corrected chi connectivity index (χ4v) is 6.51. The highest BCUT2D eigenvalue weighted by atomic mass is 79.9. The van der Waals surface area contributed by atoms with E-state index in [1.54, 1.807) is 6.07 Å². The van der Waals surface area contributed by atoms with Gasteiger partial charge < -0.3 is 5.32 Å². The third-order valence-corrected chi connectivity index (χ3v) is 8.89. The number of fused-ring (bicyclic) bond motifs is 5. The van der Waals surface area contributed by atoms with Crippen molar-refractivity contribution >= 4 is 55.3 Å². The molecule has 1 aliphatic heterocycles. The molecule has 5 nitrogen and oxygen atoms in total. The zero-order chi connectivity index (χ0) is 17.9. The number of alkyl halides is 2. The number of imide groups is 1. The number of amides is 3. The van der Waals surface area contributed by atoms with Crippen LogP contribution in [0.3, 0.4) is 0 Å². The molecule has 0 unspecified atom stereocenters. The molecule has 0 aromatic heterocycles. The standard InChI is InChI=1S/C18H18Br2N2O3/c1-8-3-2-4-9(5-8)21-12(23)7-22-17(24)13-10-6-11(14(13)18(22)25)16(20)15(10)19/h2-5,10-11,13-16H,6-7H2,1H3,(H,21,23)/t10-,11-,13-,14-,15-,16+/m1/s1. The number of benzene rings is 1. The molecule has 3 aliphatic rings. The maximum atomic E-state index is 12.8. The molecule has 132 valence electrons. The van der Waals surface area contributed by atoms with Crippen LogP contribution in [0, 0.1) is 30.6 Å². The Hall–Kier alpha value is -1.21. The Labute approximate surface area is 162 Å². The molecule has 1 aromatic rings. The Morgan fingerprint density at radius 3 is 2.32 bits per heavy atom. The molecule has 2 aliphatic carbocycles. The summed E-state index contributed by atoms with van der Waals surface area (Å²) in [6.07, 6.45) is 0.891. The van der Waals surface area contributed by atoms with Crippen molar-refractivity contribution in [3.8, 4) is 0 Å². The molecule has 4 rings (SSSR count). The molecule has 1 N–H and O–H groups in total. The Morgan fingerprint density at radius 1 is 1.16 bits per heavy atom. The summed E-state index contributed by atoms with van der Waals surface area (Å²) >= 11 is 7.32. The number of carbonyl (C=O) groups excluding carboxylic acids is 3. The number of rotatable bonds is 3. The minimum atomic E-state index is -0.342. The molecule has 2 bridgehead atoms. The van der Waals surface area contributed by atoms with Crippen LogP contribution in [0.4, 0.5) is 5.69 Å². The molecule has 1 aromatic carbocycles. The largest absolute Gasteiger partial charge is 0.325 e. The van der Waals surface area contributed by atoms with Crippen molar-refractivity contribution in [1.82, 2.24) is 4.90 Å². The van der Waals surface area contributed by atoms with Crippen LogP contribution in [0.2, 0.25) is 0 Å². The molecular formula is C18H18Br2N2O3. The first kappa shape index (κ1) is 17.2. The Bertz CT molecular complexity index is 736. The lowest BCUT2D eigenvalue weighted by Gasteiger charge is -2.28. The van der Waals surface area contributed by atoms with Gasteiger partial charge in [-0.1, -0.05) is 44.0 Å². The van der Waals surface area contributed by atoms with Crippen molar-refractivity contribution in [2.45, 2.75) is 23.0 Å². The number of carbonyl (C=O) groups is 3. The molecule has 3 amide bonds. The molecule has 1 heterocycles. The van der Waals surface area contributed by atoms with Crippen LogP contribution in [0.15, 0.2) is 24.3 Å². The molecule has 1 saturated heterocycles. The molecular weight excluding hydrogens is 452 g/mol. The van der Waals surface area contributed by atoms with E-state index in [-0.39, 0.29) is 57.6 Å². The van der Waals surface area contributed by atoms with Gasteiger partial charge in [-0.05, 0) is 42.9 Å². The van der Waals surface area contributed by atoms with E-state index in [1.165, 1.54) is 0 Å². The number of anilines is 1. The van der Waals surface area contributed by atoms with Gasteiger partial charge in [0.05, 0.1) is 11.8 Å². The first-order chi connectivity index (χ1) is 11.9. The summed E-state index contributed by atoms with van der Waals surface area (Å²) in [7, 11) is 0. The second-order valence-electron chi connectivity index (χ2n) is 7.18. The van der Waals surface area contributed by atoms with E-state index in [9.17, 15) is 14.4 Å². The monoisotopic (exact) mass is 468 g/mol. The predicted octanol–water partition coefficient (Wildman–Crippen LogP) is 2.71. The first-order valence-electron chi connectivity index (χ1n) is 8.38. The van der Waals surface area contributed by atoms with Gasteiger partial charge in [0, 0.05) is 15.3 Å². The summed E-state index contributed by atoms with van der Waals surface area (Å²) in [6, 6.07) is 7.43. The van der Waals surface area contributed by atoms with Gasteiger partial charge in [0.15, 0.2) is 0 Å². The summed E-state index contributed by atoms with van der Waals surface area (Å²) < 4.78 is 0. The summed E-state index contributed by atoms with van der Waals surface area (Å²) in [5, 5.41) is 2.77. The van der Waals surface area contributed by atoms with E-state index in [2.05, 4.69) is 37.2 Å². The van der Waals surface area contributed by atoms with Gasteiger partial charge in [-0.15, -0.1) is 0 Å². The zero-order valence-electron chi connectivity index (χ0n) is 13.6. The second kappa shape index (κ2) is 6.20. The van der Waals surface area contributed by atoms with E-state index in [0.29, 0.717) is 5.69 Å². The summed E-state index contributed by atoms with van der Waals surface area (Å²) in [5.74, 6) is -0.937. The van der Waals surface area contributed by atoms with E-state index < -0.39 is 0 Å². The van der Waals surface area contributed by atoms with Crippen LogP contribution in [-0.2, 0) is 14.4 Å². The number of nitrogens with zero attached hydrogens (tertiary/aromatic N) is 1. The molecule has 3 fully saturated rings. The van der Waals surface area contributed by atoms with Crippen LogP contribution in [0.1, 0.15) is 12.0 Å². The van der Waals surface area contributed by atoms with Crippen molar-refractivity contribution in [2.24, 2.45) is 23.7 Å². The van der Waals surface area contributed by atoms with Gasteiger partial charge in [-0.25, -0.2) is 0 Å². The topological polar surface area (TPSA) is 66.5 Å². The van der Waals surface area contributed by atoms with Crippen LogP contribution in [0.5, 0.6) is 0 Å². The highest BCUT2D eigenvalue weighted by Gasteiger charge is 2.66. The molecule has 2 saturated carbocycles. The Kier molecular flexibility index (Phi) is 4.27. The molecule has 6 atom stereocenters. The number of nitrogens with one attached hydrogen (secondary N) is 1. The fourth-order valence-electron chi connectivity index (χ4n) is 4.63. The zero-order valence-corrected chi connectivity index (χ0v) is 16.8. The normalized spacial score (nSPS) is 36.0. The average Bonchev–Trinajstić information content (AvgIpc) is 3.15. The SMILES string of the molecule is Cc1cccc(NC(=O)CN2C(=O)[C@@H]3[C@H]4C[C@@H]([C@@H](Br)[C@H]4Br)[C@H]3C2=O)c1. The van der Waals surface area contributed by atoms with Crippen molar-refractivity contribution < 1.29 is 14.4 Å². The van der Waals surface area contributed by atoms with E-state index in [0.717, 1.165) is 16.9 Å². The lowest BCUT2D eigenvalue weighted by molar-refractivity contribution is -0.143. The maximum absolute atomic E-state index is 12.8. The van der Waals surface area contributed by atoms with Crippen LogP contribution in [0.25, 0.3) is 0 Å². The van der Waals surface area contributed by atoms with Crippen molar-refractivity contribution in [3.63, 3.8) is 0 Å². The van der Waals surface area contributed by atoms with E-state index >= 15 is 0 Å². The van der Waals surface area contributed by atoms with Gasteiger partial charge >= 0.3 is 0 Å². The lowest BCUT2D eigenvalue weighted by atomic mass is 9.81. The van der Waals surface area contributed by atoms with Crippen molar-refractivity contribution in [3.05, 3.63) is 29.8 Å². The Morgan fingerprint density at radius 2 is 1.76 bits per heavy atom. The Balaban J connectivity index is 1.48. The van der Waals surface area contributed by atoms with E-state index in [1.807, 2.05) is 25.1 Å². The fraction of sp³-hybridized carbons (Fsp3) is 0.500. The minimum absolute atomic E-state index is 0.167. The average molecular weight is 470 g/mol. The third kappa shape index (κ3) is 2.67. The van der Waals surface area contributed by atoms with Crippen LogP contribution in [-0.4, -0.2) is 38.8 Å². The van der Waals surface area contributed by atoms with Gasteiger partial charge in [-0.3, -0.25) is 19.3 Å². The smallest absolute Gasteiger partial charge is 0.244 e. The van der Waals surface area contributed by atoms with Gasteiger partial charge in [0.1, 0.15) is 6.54 Å². The van der Waals surface area contributed by atoms with Crippen molar-refractivity contribution in [1.29, 1.82) is 0 Å². The third-order valence-electron chi connectivity index (χ3n) is 5.68. The van der Waals surface area contributed by atoms with Crippen molar-refractivity contribution in [2.75, 3.05) is 11.9 Å². The molecule has 7 heteroatoms. The number of hydrogen-bond acceptors (Lipinski definition) is 3. The highest BCUT2D eigenvalue weighted by Crippen LogP contribution is 2.60. The van der Waals surface area contributed by atoms with Crippen LogP contribution >= 0.6 is 31.9 Å². The lowest BCUT2D eigenvalue weighted by Crippen LogP contribution is -2.39. The maximum Gasteiger partial charge on any atom is 0.244 e. The van der Waals surface area contributed by atoms with Gasteiger partial charge in [0.2, 0.25) is 17.7 Å². The summed E-state index contributed by atoms with van der Waals surface area (Å²) in [5.41, 5.74) is 1.70. The number of hydrogen-bond donors (Lipinski definition) is 1. The minimum Gasteiger partial charge on any atom is -0.325 e. The molecule has 0 spiro atoms. The van der Waals surface area contributed by atoms with Gasteiger partial charge in [0.25, 0.3) is 0 Å². The highest BCUT2D eigenvalue weighted by molar-refractivity contribution is 9.12. The molecule has 0 radical (unpaired) electrons. The second-order valence-corrected chi connectivity index (χ2v) is 9.30. The van der Waals surface area contributed by atoms with E-state index in [4.69, 9.17) is 0 Å². The number of halogens is 2. The predicted molar refractivity (Wildman–Crippen MR) is 101 cm³/mol. The quantitative estimate of drug-likeness (QED) is 0.546.